The number of piperidine rings is 2. The number of aromatic nitrogens is 9. The van der Waals surface area contributed by atoms with Crippen LogP contribution in [0.3, 0.4) is 0 Å². The first-order valence-electron chi connectivity index (χ1n) is 30.0. The van der Waals surface area contributed by atoms with E-state index in [9.17, 15) is 57.9 Å². The van der Waals surface area contributed by atoms with Gasteiger partial charge in [0.15, 0.2) is 32.4 Å². The summed E-state index contributed by atoms with van der Waals surface area (Å²) in [6.45, 7) is 4.69. The maximum Gasteiger partial charge on any atom is 0.391 e. The number of rotatable bonds is 15. The van der Waals surface area contributed by atoms with Gasteiger partial charge in [-0.15, -0.1) is 49.3 Å². The summed E-state index contributed by atoms with van der Waals surface area (Å²) in [7, 11) is -2.89. The number of likely N-dealkylation sites (tertiary alicyclic amines) is 2. The minimum Gasteiger partial charge on any atom is -0.298 e. The average molecular weight is 1350 g/mol. The molecule has 92 heavy (non-hydrogen) atoms. The Hall–Kier alpha value is -7.36. The van der Waals surface area contributed by atoms with Gasteiger partial charge in [-0.1, -0.05) is 18.2 Å². The maximum absolute atomic E-state index is 13.9. The molecule has 3 amide bonds. The molecule has 3 saturated heterocycles. The third-order valence-corrected chi connectivity index (χ3v) is 21.8. The van der Waals surface area contributed by atoms with E-state index in [0.717, 1.165) is 46.3 Å². The van der Waals surface area contributed by atoms with Crippen molar-refractivity contribution >= 4 is 96.4 Å². The van der Waals surface area contributed by atoms with Gasteiger partial charge in [-0.2, -0.15) is 28.1 Å². The number of halogens is 8. The van der Waals surface area contributed by atoms with E-state index in [1.165, 1.54) is 0 Å². The van der Waals surface area contributed by atoms with E-state index in [1.807, 2.05) is 77.7 Å². The van der Waals surface area contributed by atoms with E-state index < -0.39 is 75.4 Å². The summed E-state index contributed by atoms with van der Waals surface area (Å²) in [5.74, 6) is -5.70. The van der Waals surface area contributed by atoms with Crippen LogP contribution in [0.1, 0.15) is 66.0 Å². The fraction of sp³-hybridized carbons (Fsp3) is 0.450. The lowest BCUT2D eigenvalue weighted by atomic mass is 9.96. The first-order chi connectivity index (χ1) is 44.0. The van der Waals surface area contributed by atoms with Gasteiger partial charge in [-0.3, -0.25) is 45.0 Å². The SMILES string of the molecule is O=C(Nc1nc2cccc(-c3ccc(CN4CCC(C(F)(F)F)CC4)s3)n2n1)[C@H]1C[C@@H]1F.O=C(Nc1nc2cccc(-c3ccc(CN4CCC(F)(F)CC4)s3)n2n1)[C@H]1C[C@@H]1F.O=C(Nc1nc2cccc(-c3ccc(CN4CCS(=O)(=O)CC4)s3)n2n1)C1(F)CC1. The van der Waals surface area contributed by atoms with Gasteiger partial charge in [0.2, 0.25) is 29.7 Å². The molecule has 3 saturated carbocycles. The Kier molecular flexibility index (Phi) is 17.6. The summed E-state index contributed by atoms with van der Waals surface area (Å²) in [5, 5.41) is 20.7. The van der Waals surface area contributed by atoms with Crippen LogP contribution in [0.5, 0.6) is 0 Å². The van der Waals surface area contributed by atoms with E-state index in [1.54, 1.807) is 65.8 Å². The largest absolute Gasteiger partial charge is 0.391 e. The molecule has 0 aromatic carbocycles. The Labute approximate surface area is 533 Å². The maximum atomic E-state index is 13.9. The molecule has 6 fully saturated rings. The van der Waals surface area contributed by atoms with Crippen molar-refractivity contribution in [1.29, 1.82) is 0 Å². The van der Waals surface area contributed by atoms with Crippen molar-refractivity contribution in [2.45, 2.75) is 101 Å². The molecule has 486 valence electrons. The predicted octanol–water partition coefficient (Wildman–Crippen LogP) is 10.6. The Balaban J connectivity index is 0.000000126. The number of hydrogen-bond acceptors (Lipinski definition) is 17. The number of hydrogen-bond donors (Lipinski definition) is 3. The van der Waals surface area contributed by atoms with Crippen LogP contribution in [0.25, 0.3) is 48.7 Å². The predicted molar refractivity (Wildman–Crippen MR) is 331 cm³/mol. The minimum atomic E-state index is -4.11. The van der Waals surface area contributed by atoms with Gasteiger partial charge in [0.25, 0.3) is 11.8 Å². The molecule has 6 aliphatic rings. The monoisotopic (exact) mass is 1350 g/mol. The van der Waals surface area contributed by atoms with Crippen LogP contribution in [-0.4, -0.2) is 166 Å². The molecule has 20 nitrogen and oxygen atoms in total. The van der Waals surface area contributed by atoms with Crippen molar-refractivity contribution in [3.8, 4) is 31.7 Å². The highest BCUT2D eigenvalue weighted by molar-refractivity contribution is 7.91. The van der Waals surface area contributed by atoms with Crippen LogP contribution < -0.4 is 16.0 Å². The van der Waals surface area contributed by atoms with E-state index in [0.29, 0.717) is 75.8 Å². The second-order valence-corrected chi connectivity index (χ2v) is 29.7. The Morgan fingerprint density at radius 3 is 1.26 bits per heavy atom. The van der Waals surface area contributed by atoms with Gasteiger partial charge in [0, 0.05) is 73.3 Å². The van der Waals surface area contributed by atoms with Crippen molar-refractivity contribution in [3.05, 3.63) is 106 Å². The summed E-state index contributed by atoms with van der Waals surface area (Å²) >= 11 is 4.73. The Bertz CT molecular complexity index is 4300. The molecular weight excluding hydrogens is 1290 g/mol. The second-order valence-electron chi connectivity index (χ2n) is 23.9. The van der Waals surface area contributed by atoms with Gasteiger partial charge in [0.05, 0.1) is 61.0 Å². The number of anilines is 3. The third-order valence-electron chi connectivity index (χ3n) is 16.9. The molecule has 9 aromatic heterocycles. The molecule has 4 atom stereocenters. The number of carbonyl (C=O) groups excluding carboxylic acids is 3. The molecule has 3 aliphatic heterocycles. The summed E-state index contributed by atoms with van der Waals surface area (Å²) in [6.07, 6.45) is -5.24. The van der Waals surface area contributed by atoms with E-state index in [4.69, 9.17) is 0 Å². The molecule has 3 aliphatic carbocycles. The number of sulfone groups is 1. The quantitative estimate of drug-likeness (QED) is 0.0813. The summed E-state index contributed by atoms with van der Waals surface area (Å²) < 4.78 is 134. The van der Waals surface area contributed by atoms with Gasteiger partial charge in [0.1, 0.15) is 12.3 Å². The van der Waals surface area contributed by atoms with Crippen LogP contribution in [0, 0.1) is 17.8 Å². The number of thiophene rings is 3. The molecule has 32 heteroatoms. The first kappa shape index (κ1) is 63.4. The van der Waals surface area contributed by atoms with Crippen LogP contribution in [0.2, 0.25) is 0 Å². The second kappa shape index (κ2) is 25.5. The fourth-order valence-corrected chi connectivity index (χ4v) is 15.5. The lowest BCUT2D eigenvalue weighted by Gasteiger charge is -2.32. The smallest absolute Gasteiger partial charge is 0.298 e. The number of pyridine rings is 3. The molecular formula is C60H61F8N15O5S4. The minimum absolute atomic E-state index is 0.0858. The summed E-state index contributed by atoms with van der Waals surface area (Å²) in [4.78, 5) is 61.2. The number of nitrogens with zero attached hydrogens (tertiary/aromatic N) is 12. The number of nitrogens with one attached hydrogen (secondary N) is 3. The molecule has 0 radical (unpaired) electrons. The first-order valence-corrected chi connectivity index (χ1v) is 34.3. The highest BCUT2D eigenvalue weighted by atomic mass is 32.2. The van der Waals surface area contributed by atoms with Crippen LogP contribution in [-0.2, 0) is 43.9 Å². The molecule has 0 unspecified atom stereocenters. The van der Waals surface area contributed by atoms with Crippen molar-refractivity contribution in [2.75, 3.05) is 66.7 Å². The normalized spacial score (nSPS) is 22.1. The Morgan fingerprint density at radius 2 is 0.891 bits per heavy atom. The zero-order valence-corrected chi connectivity index (χ0v) is 52.3. The topological polar surface area (TPSA) is 222 Å². The number of amides is 3. The molecule has 9 aromatic rings. The van der Waals surface area contributed by atoms with E-state index in [-0.39, 0.29) is 80.7 Å². The van der Waals surface area contributed by atoms with Crippen LogP contribution in [0.4, 0.5) is 53.0 Å². The van der Waals surface area contributed by atoms with E-state index in [2.05, 4.69) is 56.0 Å². The standard InChI is InChI=1S/C21H21F4N5OS.C20H20F3N5OS.C19H20FN5O3S2/c22-15-10-14(15)19(31)27-20-26-18-3-1-2-16(30(18)28-20)17-5-4-13(32-17)11-29-8-6-12(7-9-29)21(23,24)25;21-14-10-13(14)18(29)25-19-24-17-3-1-2-15(28(17)26-19)16-5-4-12(30-16)11-27-8-6-20(22,23)7-9-27;20-19(6-7-19)17(26)22-18-21-16-3-1-2-14(25(16)23-18)15-5-4-13(29-15)12-24-8-10-30(27,28)11-9-24/h1-5,12,14-15H,6-11H2,(H,27,28,31);1-5,13-14H,6-11H2,(H,25,26,29);1-5H,6-12H2,(H,22,23,26)/t14-,15-;13-,14-;/m00./s1. The molecule has 0 bridgehead atoms. The molecule has 12 heterocycles. The zero-order chi connectivity index (χ0) is 64.3. The lowest BCUT2D eigenvalue weighted by Crippen LogP contribution is -2.39. The average Bonchev–Trinajstić information content (AvgIpc) is 1.69. The molecule has 15 rings (SSSR count). The Morgan fingerprint density at radius 1 is 0.522 bits per heavy atom. The lowest BCUT2D eigenvalue weighted by molar-refractivity contribution is -0.185. The van der Waals surface area contributed by atoms with Crippen LogP contribution in [0.15, 0.2) is 91.0 Å². The van der Waals surface area contributed by atoms with E-state index >= 15 is 0 Å². The zero-order valence-electron chi connectivity index (χ0n) is 49.0. The van der Waals surface area contributed by atoms with Crippen LogP contribution >= 0.6 is 34.0 Å². The summed E-state index contributed by atoms with van der Waals surface area (Å²) in [5.41, 5.74) is 2.32. The van der Waals surface area contributed by atoms with Gasteiger partial charge < -0.3 is 0 Å². The third kappa shape index (κ3) is 14.8. The van der Waals surface area contributed by atoms with Crippen molar-refractivity contribution in [3.63, 3.8) is 0 Å². The highest BCUT2D eigenvalue weighted by Gasteiger charge is 2.51. The molecule has 3 N–H and O–H groups in total. The number of fused-ring (bicyclic) bond motifs is 3. The van der Waals surface area contributed by atoms with Gasteiger partial charge in [-0.05, 0) is 124 Å². The number of carbonyl (C=O) groups is 3. The van der Waals surface area contributed by atoms with Crippen molar-refractivity contribution < 1.29 is 57.9 Å². The van der Waals surface area contributed by atoms with Gasteiger partial charge in [-0.25, -0.2) is 43.9 Å². The van der Waals surface area contributed by atoms with Crippen molar-refractivity contribution in [1.82, 2.24) is 58.5 Å². The van der Waals surface area contributed by atoms with Crippen molar-refractivity contribution in [2.24, 2.45) is 17.8 Å². The highest BCUT2D eigenvalue weighted by Crippen LogP contribution is 2.42. The number of alkyl halides is 8. The summed E-state index contributed by atoms with van der Waals surface area (Å²) in [6, 6.07) is 28.5. The van der Waals surface area contributed by atoms with Gasteiger partial charge >= 0.3 is 6.18 Å². The fourth-order valence-electron chi connectivity index (χ4n) is 11.1. The molecule has 0 spiro atoms.